The summed E-state index contributed by atoms with van der Waals surface area (Å²) in [6.45, 7) is 0.506. The van der Waals surface area contributed by atoms with E-state index in [0.717, 1.165) is 12.0 Å². The maximum atomic E-state index is 13.1. The van der Waals surface area contributed by atoms with E-state index < -0.39 is 0 Å². The standard InChI is InChI=1S/C23H21N3O2/c27-22-17-8-4-5-9-18(17)25-21(26-22)19-15-10-11-16(12-15)20(19)23(28)24-13-14-6-2-1-3-7-14/h1-11,15-16,19-20H,12-13H2,(H,24,28)(H,25,26,27)/t15-,16+,19-,20-/m0/s1. The van der Waals surface area contributed by atoms with E-state index in [4.69, 9.17) is 4.98 Å². The second-order valence-corrected chi connectivity index (χ2v) is 7.67. The normalized spacial score (nSPS) is 25.3. The van der Waals surface area contributed by atoms with Gasteiger partial charge in [0.25, 0.3) is 5.56 Å². The van der Waals surface area contributed by atoms with Crippen molar-refractivity contribution in [3.05, 3.63) is 88.5 Å². The number of amides is 1. The van der Waals surface area contributed by atoms with Crippen LogP contribution in [0.3, 0.4) is 0 Å². The first-order valence-electron chi connectivity index (χ1n) is 9.69. The SMILES string of the molecule is O=C(NCc1ccccc1)[C@@H]1[C@@H](c2nc3ccccc3c(=O)[nH]2)[C@H]2C=C[C@@H]1C2. The third kappa shape index (κ3) is 2.83. The highest BCUT2D eigenvalue weighted by molar-refractivity contribution is 5.82. The fraction of sp³-hybridized carbons (Fsp3) is 0.261. The van der Waals surface area contributed by atoms with Crippen molar-refractivity contribution >= 4 is 16.8 Å². The maximum Gasteiger partial charge on any atom is 0.258 e. The molecule has 5 heteroatoms. The van der Waals surface area contributed by atoms with Gasteiger partial charge < -0.3 is 10.3 Å². The molecule has 0 saturated heterocycles. The molecule has 28 heavy (non-hydrogen) atoms. The van der Waals surface area contributed by atoms with E-state index in [-0.39, 0.29) is 35.1 Å². The number of allylic oxidation sites excluding steroid dienone is 2. The number of hydrogen-bond donors (Lipinski definition) is 2. The van der Waals surface area contributed by atoms with Crippen LogP contribution in [0.1, 0.15) is 23.7 Å². The third-order valence-electron chi connectivity index (χ3n) is 6.02. The van der Waals surface area contributed by atoms with E-state index >= 15 is 0 Å². The Morgan fingerprint density at radius 3 is 2.64 bits per heavy atom. The number of carbonyl (C=O) groups is 1. The Morgan fingerprint density at radius 2 is 1.79 bits per heavy atom. The fourth-order valence-electron chi connectivity index (χ4n) is 4.72. The summed E-state index contributed by atoms with van der Waals surface area (Å²) in [6.07, 6.45) is 5.25. The van der Waals surface area contributed by atoms with E-state index in [1.54, 1.807) is 6.07 Å². The Bertz CT molecular complexity index is 1120. The van der Waals surface area contributed by atoms with E-state index in [2.05, 4.69) is 22.5 Å². The van der Waals surface area contributed by atoms with Gasteiger partial charge in [-0.1, -0.05) is 54.6 Å². The molecule has 0 radical (unpaired) electrons. The zero-order valence-corrected chi connectivity index (χ0v) is 15.3. The number of aromatic amines is 1. The largest absolute Gasteiger partial charge is 0.352 e. The minimum Gasteiger partial charge on any atom is -0.352 e. The van der Waals surface area contributed by atoms with Gasteiger partial charge in [0.2, 0.25) is 5.91 Å². The van der Waals surface area contributed by atoms with Gasteiger partial charge in [0.15, 0.2) is 0 Å². The number of nitrogens with zero attached hydrogens (tertiary/aromatic N) is 1. The molecule has 0 spiro atoms. The second-order valence-electron chi connectivity index (χ2n) is 7.67. The van der Waals surface area contributed by atoms with Crippen molar-refractivity contribution in [2.75, 3.05) is 0 Å². The predicted octanol–water partition coefficient (Wildman–Crippen LogP) is 3.15. The van der Waals surface area contributed by atoms with Gasteiger partial charge in [-0.2, -0.15) is 0 Å². The Morgan fingerprint density at radius 1 is 1.04 bits per heavy atom. The van der Waals surface area contributed by atoms with Crippen LogP contribution in [0, 0.1) is 17.8 Å². The number of carbonyl (C=O) groups excluding carboxylic acids is 1. The van der Waals surface area contributed by atoms with Crippen LogP contribution in [0.15, 0.2) is 71.5 Å². The first-order valence-corrected chi connectivity index (χ1v) is 9.69. The fourth-order valence-corrected chi connectivity index (χ4v) is 4.72. The molecule has 1 fully saturated rings. The molecule has 1 heterocycles. The molecule has 2 aliphatic carbocycles. The van der Waals surface area contributed by atoms with Crippen LogP contribution in [0.25, 0.3) is 10.9 Å². The molecular formula is C23H21N3O2. The van der Waals surface area contributed by atoms with Gasteiger partial charge in [0.1, 0.15) is 5.82 Å². The van der Waals surface area contributed by atoms with Crippen molar-refractivity contribution in [1.82, 2.24) is 15.3 Å². The lowest BCUT2D eigenvalue weighted by atomic mass is 9.81. The highest BCUT2D eigenvalue weighted by Gasteiger charge is 2.49. The maximum absolute atomic E-state index is 13.1. The number of fused-ring (bicyclic) bond motifs is 3. The van der Waals surface area contributed by atoms with Gasteiger partial charge in [-0.25, -0.2) is 4.98 Å². The number of hydrogen-bond acceptors (Lipinski definition) is 3. The Labute approximate surface area is 162 Å². The summed E-state index contributed by atoms with van der Waals surface area (Å²) in [7, 11) is 0. The van der Waals surface area contributed by atoms with Crippen molar-refractivity contribution in [3.8, 4) is 0 Å². The van der Waals surface area contributed by atoms with Crippen molar-refractivity contribution in [2.45, 2.75) is 18.9 Å². The molecule has 5 nitrogen and oxygen atoms in total. The summed E-state index contributed by atoms with van der Waals surface area (Å²) in [6, 6.07) is 17.2. The first-order chi connectivity index (χ1) is 13.7. The summed E-state index contributed by atoms with van der Waals surface area (Å²) in [4.78, 5) is 33.3. The predicted molar refractivity (Wildman–Crippen MR) is 108 cm³/mol. The molecule has 2 bridgehead atoms. The lowest BCUT2D eigenvalue weighted by molar-refractivity contribution is -0.126. The van der Waals surface area contributed by atoms with Crippen LogP contribution in [-0.2, 0) is 11.3 Å². The van der Waals surface area contributed by atoms with Crippen LogP contribution < -0.4 is 10.9 Å². The Hall–Kier alpha value is -3.21. The molecule has 1 amide bonds. The van der Waals surface area contributed by atoms with Crippen molar-refractivity contribution in [3.63, 3.8) is 0 Å². The van der Waals surface area contributed by atoms with Gasteiger partial charge in [0.05, 0.1) is 16.8 Å². The molecule has 1 aromatic heterocycles. The van der Waals surface area contributed by atoms with Crippen LogP contribution in [0.2, 0.25) is 0 Å². The molecule has 2 aliphatic rings. The smallest absolute Gasteiger partial charge is 0.258 e. The molecule has 0 aliphatic heterocycles. The summed E-state index contributed by atoms with van der Waals surface area (Å²) in [5.74, 6) is 0.789. The average molecular weight is 371 g/mol. The van der Waals surface area contributed by atoms with E-state index in [0.29, 0.717) is 23.3 Å². The monoisotopic (exact) mass is 371 g/mol. The molecule has 3 aromatic rings. The number of aromatic nitrogens is 2. The highest BCUT2D eigenvalue weighted by atomic mass is 16.2. The summed E-state index contributed by atoms with van der Waals surface area (Å²) >= 11 is 0. The number of para-hydroxylation sites is 1. The highest BCUT2D eigenvalue weighted by Crippen LogP contribution is 2.52. The molecule has 1 saturated carbocycles. The molecular weight excluding hydrogens is 350 g/mol. The zero-order valence-electron chi connectivity index (χ0n) is 15.3. The van der Waals surface area contributed by atoms with Crippen LogP contribution >= 0.6 is 0 Å². The van der Waals surface area contributed by atoms with Gasteiger partial charge in [0, 0.05) is 12.5 Å². The van der Waals surface area contributed by atoms with Gasteiger partial charge in [-0.3, -0.25) is 9.59 Å². The second kappa shape index (κ2) is 6.75. The average Bonchev–Trinajstić information content (AvgIpc) is 3.34. The van der Waals surface area contributed by atoms with E-state index in [1.165, 1.54) is 0 Å². The topological polar surface area (TPSA) is 74.8 Å². The van der Waals surface area contributed by atoms with E-state index in [1.807, 2.05) is 48.5 Å². The molecule has 2 aromatic carbocycles. The molecule has 140 valence electrons. The minimum absolute atomic E-state index is 0.0292. The number of nitrogens with one attached hydrogen (secondary N) is 2. The van der Waals surface area contributed by atoms with Gasteiger partial charge in [-0.05, 0) is 36.0 Å². The van der Waals surface area contributed by atoms with Crippen LogP contribution in [0.5, 0.6) is 0 Å². The molecule has 2 N–H and O–H groups in total. The molecule has 5 rings (SSSR count). The zero-order chi connectivity index (χ0) is 19.1. The lowest BCUT2D eigenvalue weighted by Crippen LogP contribution is -2.37. The first kappa shape index (κ1) is 16.9. The van der Waals surface area contributed by atoms with Crippen molar-refractivity contribution < 1.29 is 4.79 Å². The van der Waals surface area contributed by atoms with Crippen LogP contribution in [-0.4, -0.2) is 15.9 Å². The van der Waals surface area contributed by atoms with Gasteiger partial charge in [-0.15, -0.1) is 0 Å². The number of rotatable bonds is 4. The number of H-pyrrole nitrogens is 1. The van der Waals surface area contributed by atoms with E-state index in [9.17, 15) is 9.59 Å². The van der Waals surface area contributed by atoms with Crippen molar-refractivity contribution in [2.24, 2.45) is 17.8 Å². The number of benzene rings is 2. The minimum atomic E-state index is -0.206. The summed E-state index contributed by atoms with van der Waals surface area (Å²) in [5, 5.41) is 3.66. The van der Waals surface area contributed by atoms with Gasteiger partial charge >= 0.3 is 0 Å². The third-order valence-corrected chi connectivity index (χ3v) is 6.02. The van der Waals surface area contributed by atoms with Crippen molar-refractivity contribution in [1.29, 1.82) is 0 Å². The molecule has 0 unspecified atom stereocenters. The Kier molecular flexibility index (Phi) is 4.08. The Balaban J connectivity index is 1.45. The quantitative estimate of drug-likeness (QED) is 0.692. The summed E-state index contributed by atoms with van der Waals surface area (Å²) in [5.41, 5.74) is 1.61. The summed E-state index contributed by atoms with van der Waals surface area (Å²) < 4.78 is 0. The lowest BCUT2D eigenvalue weighted by Gasteiger charge is -2.26. The molecule has 4 atom stereocenters. The van der Waals surface area contributed by atoms with Crippen LogP contribution in [0.4, 0.5) is 0 Å².